The Bertz CT molecular complexity index is 128. The van der Waals surface area contributed by atoms with Crippen molar-refractivity contribution in [1.29, 1.82) is 0 Å². The van der Waals surface area contributed by atoms with Crippen LogP contribution in [0.25, 0.3) is 0 Å². The fourth-order valence-corrected chi connectivity index (χ4v) is 1.34. The fourth-order valence-electron chi connectivity index (χ4n) is 1.34. The first kappa shape index (κ1) is 12.9. The summed E-state index contributed by atoms with van der Waals surface area (Å²) in [7, 11) is 0. The first-order valence-electron chi connectivity index (χ1n) is 5.13. The topological polar surface area (TPSA) is 43.7 Å². The van der Waals surface area contributed by atoms with E-state index < -0.39 is 12.2 Å². The molecule has 0 aromatic carbocycles. The van der Waals surface area contributed by atoms with Gasteiger partial charge in [-0.15, -0.1) is 0 Å². The Morgan fingerprint density at radius 2 is 1.62 bits per heavy atom. The van der Waals surface area contributed by atoms with Gasteiger partial charge in [-0.3, -0.25) is 4.90 Å². The summed E-state index contributed by atoms with van der Waals surface area (Å²) in [6.07, 6.45) is -0.600. The summed E-state index contributed by atoms with van der Waals surface area (Å²) in [5.41, 5.74) is 0. The highest BCUT2D eigenvalue weighted by Gasteiger charge is 2.18. The molecule has 2 unspecified atom stereocenters. The molecule has 0 aliphatic rings. The van der Waals surface area contributed by atoms with Crippen LogP contribution in [0.2, 0.25) is 0 Å². The molecule has 0 fully saturated rings. The third kappa shape index (κ3) is 4.60. The number of rotatable bonds is 6. The van der Waals surface area contributed by atoms with E-state index in [1.165, 1.54) is 0 Å². The Hall–Kier alpha value is -0.120. The van der Waals surface area contributed by atoms with Crippen molar-refractivity contribution in [3.63, 3.8) is 0 Å². The molecule has 0 aliphatic carbocycles. The summed E-state index contributed by atoms with van der Waals surface area (Å²) in [4.78, 5) is 2.14. The highest BCUT2D eigenvalue weighted by Crippen LogP contribution is 2.04. The van der Waals surface area contributed by atoms with Crippen LogP contribution in [0, 0.1) is 0 Å². The summed E-state index contributed by atoms with van der Waals surface area (Å²) in [5, 5.41) is 19.0. The third-order valence-electron chi connectivity index (χ3n) is 2.42. The maximum absolute atomic E-state index is 9.58. The van der Waals surface area contributed by atoms with E-state index >= 15 is 0 Å². The molecule has 2 atom stereocenters. The molecule has 0 heterocycles. The standard InChI is InChI=1S/C10H23NO2/c1-5-9(12)10(13)7-11(6-2)8(3)4/h8-10,12-13H,5-7H2,1-4H3. The second kappa shape index (κ2) is 6.35. The molecular formula is C10H23NO2. The second-order valence-corrected chi connectivity index (χ2v) is 3.72. The van der Waals surface area contributed by atoms with Crippen LogP contribution in [0.15, 0.2) is 0 Å². The van der Waals surface area contributed by atoms with Gasteiger partial charge in [0.25, 0.3) is 0 Å². The number of hydrogen-bond acceptors (Lipinski definition) is 3. The van der Waals surface area contributed by atoms with E-state index in [9.17, 15) is 10.2 Å². The van der Waals surface area contributed by atoms with Crippen molar-refractivity contribution in [3.8, 4) is 0 Å². The second-order valence-electron chi connectivity index (χ2n) is 3.72. The van der Waals surface area contributed by atoms with E-state index in [1.807, 2.05) is 6.92 Å². The minimum Gasteiger partial charge on any atom is -0.390 e. The third-order valence-corrected chi connectivity index (χ3v) is 2.42. The van der Waals surface area contributed by atoms with Crippen molar-refractivity contribution in [1.82, 2.24) is 4.90 Å². The molecular weight excluding hydrogens is 166 g/mol. The molecule has 0 radical (unpaired) electrons. The largest absolute Gasteiger partial charge is 0.390 e. The van der Waals surface area contributed by atoms with Crippen molar-refractivity contribution in [2.75, 3.05) is 13.1 Å². The summed E-state index contributed by atoms with van der Waals surface area (Å²) < 4.78 is 0. The van der Waals surface area contributed by atoms with Gasteiger partial charge in [-0.2, -0.15) is 0 Å². The van der Waals surface area contributed by atoms with Gasteiger partial charge in [-0.25, -0.2) is 0 Å². The molecule has 80 valence electrons. The van der Waals surface area contributed by atoms with E-state index in [2.05, 4.69) is 25.7 Å². The Morgan fingerprint density at radius 3 is 1.92 bits per heavy atom. The Kier molecular flexibility index (Phi) is 6.29. The van der Waals surface area contributed by atoms with Crippen molar-refractivity contribution in [2.24, 2.45) is 0 Å². The zero-order chi connectivity index (χ0) is 10.4. The lowest BCUT2D eigenvalue weighted by Crippen LogP contribution is -2.42. The number of nitrogens with zero attached hydrogens (tertiary/aromatic N) is 1. The Morgan fingerprint density at radius 1 is 1.08 bits per heavy atom. The van der Waals surface area contributed by atoms with E-state index in [0.29, 0.717) is 19.0 Å². The van der Waals surface area contributed by atoms with E-state index in [0.717, 1.165) is 6.54 Å². The maximum Gasteiger partial charge on any atom is 0.0925 e. The van der Waals surface area contributed by atoms with Crippen LogP contribution in [0.4, 0.5) is 0 Å². The quantitative estimate of drug-likeness (QED) is 0.651. The Labute approximate surface area is 81.4 Å². The average molecular weight is 189 g/mol. The smallest absolute Gasteiger partial charge is 0.0925 e. The van der Waals surface area contributed by atoms with E-state index in [-0.39, 0.29) is 0 Å². The number of hydrogen-bond donors (Lipinski definition) is 2. The van der Waals surface area contributed by atoms with E-state index in [1.54, 1.807) is 0 Å². The van der Waals surface area contributed by atoms with Gasteiger partial charge >= 0.3 is 0 Å². The molecule has 13 heavy (non-hydrogen) atoms. The van der Waals surface area contributed by atoms with Gasteiger partial charge in [0.15, 0.2) is 0 Å². The first-order valence-corrected chi connectivity index (χ1v) is 5.13. The summed E-state index contributed by atoms with van der Waals surface area (Å²) in [5.74, 6) is 0. The molecule has 2 N–H and O–H groups in total. The van der Waals surface area contributed by atoms with Crippen molar-refractivity contribution >= 4 is 0 Å². The van der Waals surface area contributed by atoms with Crippen LogP contribution in [-0.4, -0.2) is 46.5 Å². The Balaban J connectivity index is 3.93. The van der Waals surface area contributed by atoms with Crippen LogP contribution in [0.5, 0.6) is 0 Å². The SMILES string of the molecule is CCC(O)C(O)CN(CC)C(C)C. The molecule has 3 heteroatoms. The average Bonchev–Trinajstić information content (AvgIpc) is 2.11. The predicted molar refractivity (Wildman–Crippen MR) is 54.7 cm³/mol. The van der Waals surface area contributed by atoms with Gasteiger partial charge in [0.1, 0.15) is 0 Å². The normalized spacial score (nSPS) is 16.6. The zero-order valence-electron chi connectivity index (χ0n) is 9.20. The minimum atomic E-state index is -0.618. The lowest BCUT2D eigenvalue weighted by atomic mass is 10.1. The minimum absolute atomic E-state index is 0.420. The van der Waals surface area contributed by atoms with Crippen molar-refractivity contribution in [3.05, 3.63) is 0 Å². The van der Waals surface area contributed by atoms with E-state index in [4.69, 9.17) is 0 Å². The molecule has 0 bridgehead atoms. The monoisotopic (exact) mass is 189 g/mol. The molecule has 0 saturated carbocycles. The number of aliphatic hydroxyl groups excluding tert-OH is 2. The van der Waals surface area contributed by atoms with Crippen LogP contribution < -0.4 is 0 Å². The fraction of sp³-hybridized carbons (Fsp3) is 1.00. The molecule has 0 amide bonds. The van der Waals surface area contributed by atoms with Gasteiger partial charge in [-0.05, 0) is 26.8 Å². The zero-order valence-corrected chi connectivity index (χ0v) is 9.20. The van der Waals surface area contributed by atoms with Gasteiger partial charge in [0.2, 0.25) is 0 Å². The maximum atomic E-state index is 9.58. The van der Waals surface area contributed by atoms with Gasteiger partial charge in [0.05, 0.1) is 12.2 Å². The molecule has 0 aromatic heterocycles. The highest BCUT2D eigenvalue weighted by atomic mass is 16.3. The van der Waals surface area contributed by atoms with Crippen molar-refractivity contribution in [2.45, 2.75) is 52.4 Å². The van der Waals surface area contributed by atoms with Crippen LogP contribution in [0.3, 0.4) is 0 Å². The molecule has 0 saturated heterocycles. The summed E-state index contributed by atoms with van der Waals surface area (Å²) in [6, 6.07) is 0.420. The predicted octanol–water partition coefficient (Wildman–Crippen LogP) is 0.848. The molecule has 0 aliphatic heterocycles. The summed E-state index contributed by atoms with van der Waals surface area (Å²) >= 11 is 0. The first-order chi connectivity index (χ1) is 6.02. The van der Waals surface area contributed by atoms with Gasteiger partial charge < -0.3 is 10.2 Å². The lowest BCUT2D eigenvalue weighted by molar-refractivity contribution is -0.00818. The van der Waals surface area contributed by atoms with Crippen molar-refractivity contribution < 1.29 is 10.2 Å². The summed E-state index contributed by atoms with van der Waals surface area (Å²) in [6.45, 7) is 9.59. The molecule has 3 nitrogen and oxygen atoms in total. The molecule has 0 spiro atoms. The number of aliphatic hydroxyl groups is 2. The number of likely N-dealkylation sites (N-methyl/N-ethyl adjacent to an activating group) is 1. The van der Waals surface area contributed by atoms with Crippen LogP contribution in [0.1, 0.15) is 34.1 Å². The highest BCUT2D eigenvalue weighted by molar-refractivity contribution is 4.72. The molecule has 0 aromatic rings. The van der Waals surface area contributed by atoms with Crippen LogP contribution >= 0.6 is 0 Å². The van der Waals surface area contributed by atoms with Gasteiger partial charge in [-0.1, -0.05) is 13.8 Å². The van der Waals surface area contributed by atoms with Crippen LogP contribution in [-0.2, 0) is 0 Å². The molecule has 0 rings (SSSR count). The lowest BCUT2D eigenvalue weighted by Gasteiger charge is -2.28. The van der Waals surface area contributed by atoms with Gasteiger partial charge in [0, 0.05) is 12.6 Å².